The predicted octanol–water partition coefficient (Wildman–Crippen LogP) is 3.46. The molecule has 1 aromatic heterocycles. The minimum Gasteiger partial charge on any atom is -0.310 e. The van der Waals surface area contributed by atoms with E-state index in [4.69, 9.17) is 0 Å². The van der Waals surface area contributed by atoms with Crippen LogP contribution in [0.3, 0.4) is 0 Å². The largest absolute Gasteiger partial charge is 0.310 e. The normalized spacial score (nSPS) is 12.6. The summed E-state index contributed by atoms with van der Waals surface area (Å²) < 4.78 is 13.5. The van der Waals surface area contributed by atoms with Gasteiger partial charge in [0.1, 0.15) is 11.6 Å². The summed E-state index contributed by atoms with van der Waals surface area (Å²) in [5.41, 5.74) is 0.936. The summed E-state index contributed by atoms with van der Waals surface area (Å²) in [6.07, 6.45) is 1.04. The van der Waals surface area contributed by atoms with E-state index in [2.05, 4.69) is 27.4 Å². The maximum absolute atomic E-state index is 13.5. The zero-order chi connectivity index (χ0) is 14.5. The molecular formula is C14H19FN4S. The Balaban J connectivity index is 2.23. The molecule has 0 amide bonds. The van der Waals surface area contributed by atoms with Gasteiger partial charge in [0, 0.05) is 10.9 Å². The van der Waals surface area contributed by atoms with Gasteiger partial charge in [-0.1, -0.05) is 6.92 Å². The van der Waals surface area contributed by atoms with Crippen molar-refractivity contribution in [2.24, 2.45) is 0 Å². The Kier molecular flexibility index (Phi) is 5.14. The second-order valence-electron chi connectivity index (χ2n) is 4.66. The lowest BCUT2D eigenvalue weighted by Crippen LogP contribution is -2.20. The van der Waals surface area contributed by atoms with E-state index in [1.165, 1.54) is 17.8 Å². The van der Waals surface area contributed by atoms with Crippen molar-refractivity contribution >= 4 is 11.8 Å². The van der Waals surface area contributed by atoms with Gasteiger partial charge < -0.3 is 5.32 Å². The number of hydrogen-bond donors (Lipinski definition) is 2. The predicted molar refractivity (Wildman–Crippen MR) is 78.4 cm³/mol. The zero-order valence-electron chi connectivity index (χ0n) is 11.9. The smallest absolute Gasteiger partial charge is 0.213 e. The Morgan fingerprint density at radius 3 is 2.90 bits per heavy atom. The summed E-state index contributed by atoms with van der Waals surface area (Å²) in [5.74, 6) is 0.550. The second kappa shape index (κ2) is 6.85. The fourth-order valence-corrected chi connectivity index (χ4v) is 2.85. The maximum Gasteiger partial charge on any atom is 0.213 e. The summed E-state index contributed by atoms with van der Waals surface area (Å²) in [6, 6.07) is 4.92. The first-order chi connectivity index (χ1) is 9.60. The van der Waals surface area contributed by atoms with Crippen molar-refractivity contribution in [3.05, 3.63) is 35.4 Å². The van der Waals surface area contributed by atoms with Crippen LogP contribution in [-0.4, -0.2) is 21.7 Å². The Bertz CT molecular complexity index is 570. The monoisotopic (exact) mass is 294 g/mol. The van der Waals surface area contributed by atoms with Crippen LogP contribution in [0.4, 0.5) is 4.39 Å². The molecule has 0 aliphatic heterocycles. The Morgan fingerprint density at radius 2 is 2.25 bits per heavy atom. The van der Waals surface area contributed by atoms with Crippen LogP contribution < -0.4 is 5.32 Å². The second-order valence-corrected chi connectivity index (χ2v) is 5.67. The van der Waals surface area contributed by atoms with Gasteiger partial charge in [-0.15, -0.1) is 5.10 Å². The molecule has 1 unspecified atom stereocenters. The zero-order valence-corrected chi connectivity index (χ0v) is 12.7. The van der Waals surface area contributed by atoms with E-state index >= 15 is 0 Å². The Labute approximate surface area is 122 Å². The molecule has 0 radical (unpaired) electrons. The maximum atomic E-state index is 13.5. The van der Waals surface area contributed by atoms with E-state index < -0.39 is 0 Å². The van der Waals surface area contributed by atoms with Gasteiger partial charge in [-0.05, 0) is 62.3 Å². The van der Waals surface area contributed by atoms with Crippen molar-refractivity contribution in [3.63, 3.8) is 0 Å². The molecule has 0 saturated heterocycles. The highest BCUT2D eigenvalue weighted by Crippen LogP contribution is 2.32. The minimum absolute atomic E-state index is 0.0909. The molecule has 2 N–H and O–H groups in total. The quantitative estimate of drug-likeness (QED) is 0.856. The SMILES string of the molecule is CCCNC(C)c1cc(F)ccc1Sc1n[nH]c(C)n1. The number of nitrogens with zero attached hydrogens (tertiary/aromatic N) is 2. The lowest BCUT2D eigenvalue weighted by atomic mass is 10.1. The molecule has 1 heterocycles. The van der Waals surface area contributed by atoms with Crippen molar-refractivity contribution in [3.8, 4) is 0 Å². The standard InChI is InChI=1S/C14H19FN4S/c1-4-7-16-9(2)12-8-11(15)5-6-13(12)20-14-17-10(3)18-19-14/h5-6,8-9,16H,4,7H2,1-3H3,(H,17,18,19). The number of rotatable bonds is 6. The van der Waals surface area contributed by atoms with Crippen LogP contribution in [-0.2, 0) is 0 Å². The molecule has 108 valence electrons. The van der Waals surface area contributed by atoms with Crippen LogP contribution in [0.2, 0.25) is 0 Å². The molecule has 0 saturated carbocycles. The molecule has 2 aromatic rings. The van der Waals surface area contributed by atoms with E-state index in [0.29, 0.717) is 5.16 Å². The van der Waals surface area contributed by atoms with Crippen LogP contribution in [0.5, 0.6) is 0 Å². The van der Waals surface area contributed by atoms with Crippen LogP contribution in [0, 0.1) is 12.7 Å². The number of aryl methyl sites for hydroxylation is 1. The number of benzene rings is 1. The van der Waals surface area contributed by atoms with Crippen molar-refractivity contribution in [2.75, 3.05) is 6.54 Å². The average molecular weight is 294 g/mol. The number of hydrogen-bond acceptors (Lipinski definition) is 4. The number of nitrogens with one attached hydrogen (secondary N) is 2. The number of aromatic amines is 1. The highest BCUT2D eigenvalue weighted by atomic mass is 32.2. The van der Waals surface area contributed by atoms with E-state index in [-0.39, 0.29) is 11.9 Å². The number of halogens is 1. The molecule has 0 bridgehead atoms. The van der Waals surface area contributed by atoms with E-state index in [9.17, 15) is 4.39 Å². The molecular weight excluding hydrogens is 275 g/mol. The van der Waals surface area contributed by atoms with Crippen LogP contribution in [0.15, 0.2) is 28.3 Å². The molecule has 4 nitrogen and oxygen atoms in total. The van der Waals surface area contributed by atoms with Crippen LogP contribution in [0.25, 0.3) is 0 Å². The molecule has 0 aliphatic carbocycles. The fraction of sp³-hybridized carbons (Fsp3) is 0.429. The third-order valence-corrected chi connectivity index (χ3v) is 3.87. The highest BCUT2D eigenvalue weighted by molar-refractivity contribution is 7.99. The number of H-pyrrole nitrogens is 1. The molecule has 0 aliphatic rings. The average Bonchev–Trinajstić information content (AvgIpc) is 2.83. The molecule has 1 aromatic carbocycles. The van der Waals surface area contributed by atoms with Gasteiger partial charge in [0.25, 0.3) is 0 Å². The third-order valence-electron chi connectivity index (χ3n) is 2.92. The van der Waals surface area contributed by atoms with E-state index in [1.54, 1.807) is 12.1 Å². The minimum atomic E-state index is -0.222. The van der Waals surface area contributed by atoms with Gasteiger partial charge in [0.2, 0.25) is 5.16 Å². The summed E-state index contributed by atoms with van der Waals surface area (Å²) >= 11 is 1.45. The lowest BCUT2D eigenvalue weighted by Gasteiger charge is -2.17. The summed E-state index contributed by atoms with van der Waals surface area (Å²) in [5, 5.41) is 10.9. The van der Waals surface area contributed by atoms with Crippen LogP contribution in [0.1, 0.15) is 37.7 Å². The van der Waals surface area contributed by atoms with Gasteiger partial charge in [-0.25, -0.2) is 9.37 Å². The van der Waals surface area contributed by atoms with Crippen molar-refractivity contribution < 1.29 is 4.39 Å². The summed E-state index contributed by atoms with van der Waals surface area (Å²) in [7, 11) is 0. The molecule has 2 rings (SSSR count). The van der Waals surface area contributed by atoms with E-state index in [1.807, 2.05) is 13.8 Å². The Hall–Kier alpha value is -1.40. The van der Waals surface area contributed by atoms with Gasteiger partial charge in [0.15, 0.2) is 0 Å². The first kappa shape index (κ1) is 15.0. The lowest BCUT2D eigenvalue weighted by molar-refractivity contribution is 0.554. The molecule has 0 fully saturated rings. The van der Waals surface area contributed by atoms with Gasteiger partial charge in [0.05, 0.1) is 0 Å². The number of aromatic nitrogens is 3. The topological polar surface area (TPSA) is 53.6 Å². The fourth-order valence-electron chi connectivity index (χ4n) is 1.89. The Morgan fingerprint density at radius 1 is 1.45 bits per heavy atom. The molecule has 0 spiro atoms. The first-order valence-corrected chi connectivity index (χ1v) is 7.51. The molecule has 20 heavy (non-hydrogen) atoms. The first-order valence-electron chi connectivity index (χ1n) is 6.70. The van der Waals surface area contributed by atoms with Gasteiger partial charge in [-0.2, -0.15) is 0 Å². The third kappa shape index (κ3) is 3.80. The van der Waals surface area contributed by atoms with Gasteiger partial charge in [-0.3, -0.25) is 5.10 Å². The summed E-state index contributed by atoms with van der Waals surface area (Å²) in [6.45, 7) is 6.91. The van der Waals surface area contributed by atoms with Gasteiger partial charge >= 0.3 is 0 Å². The van der Waals surface area contributed by atoms with Crippen molar-refractivity contribution in [1.82, 2.24) is 20.5 Å². The summed E-state index contributed by atoms with van der Waals surface area (Å²) in [4.78, 5) is 5.25. The molecule has 1 atom stereocenters. The molecule has 6 heteroatoms. The van der Waals surface area contributed by atoms with E-state index in [0.717, 1.165) is 29.2 Å². The van der Waals surface area contributed by atoms with Crippen molar-refractivity contribution in [1.29, 1.82) is 0 Å². The highest BCUT2D eigenvalue weighted by Gasteiger charge is 2.14. The van der Waals surface area contributed by atoms with Crippen LogP contribution >= 0.6 is 11.8 Å². The van der Waals surface area contributed by atoms with Crippen molar-refractivity contribution in [2.45, 2.75) is 43.3 Å².